The van der Waals surface area contributed by atoms with Crippen LogP contribution in [0.3, 0.4) is 0 Å². The van der Waals surface area contributed by atoms with Crippen LogP contribution in [0.2, 0.25) is 0 Å². The van der Waals surface area contributed by atoms with Gasteiger partial charge in [0.05, 0.1) is 10.9 Å². The fourth-order valence-electron chi connectivity index (χ4n) is 2.62. The number of hydrogen-bond donors (Lipinski definition) is 2. The van der Waals surface area contributed by atoms with Crippen LogP contribution in [-0.4, -0.2) is 46.9 Å². The van der Waals surface area contributed by atoms with Gasteiger partial charge in [-0.2, -0.15) is 9.61 Å². The molecule has 2 N–H and O–H groups in total. The molecule has 0 unspecified atom stereocenters. The lowest BCUT2D eigenvalue weighted by Gasteiger charge is -2.15. The number of aromatic amines is 2. The number of fused-ring (bicyclic) bond motifs is 2. The van der Waals surface area contributed by atoms with Gasteiger partial charge in [-0.15, -0.1) is 0 Å². The number of H-pyrrole nitrogens is 2. The number of benzene rings is 1. The van der Waals surface area contributed by atoms with Crippen molar-refractivity contribution in [3.8, 4) is 0 Å². The van der Waals surface area contributed by atoms with E-state index in [4.69, 9.17) is 0 Å². The zero-order chi connectivity index (χ0) is 18.8. The largest absolute Gasteiger partial charge is 0.339 e. The van der Waals surface area contributed by atoms with Crippen LogP contribution >= 0.6 is 11.9 Å². The lowest BCUT2D eigenvalue weighted by atomic mass is 10.2. The molecule has 1 amide bonds. The predicted octanol–water partition coefficient (Wildman–Crippen LogP) is 1.78. The molecule has 0 saturated carbocycles. The zero-order valence-electron chi connectivity index (χ0n) is 14.4. The fraction of sp³-hybridized carbons (Fsp3) is 0.250. The van der Waals surface area contributed by atoms with Gasteiger partial charge in [-0.25, -0.2) is 9.40 Å². The van der Waals surface area contributed by atoms with E-state index in [1.165, 1.54) is 20.8 Å². The summed E-state index contributed by atoms with van der Waals surface area (Å²) in [6.45, 7) is 2.07. The molecule has 11 heteroatoms. The van der Waals surface area contributed by atoms with Gasteiger partial charge < -0.3 is 4.98 Å². The van der Waals surface area contributed by atoms with Gasteiger partial charge >= 0.3 is 0 Å². The maximum Gasteiger partial charge on any atom is 0.291 e. The van der Waals surface area contributed by atoms with Crippen molar-refractivity contribution in [3.05, 3.63) is 46.4 Å². The van der Waals surface area contributed by atoms with Crippen LogP contribution < -0.4 is 9.86 Å². The molecule has 3 heterocycles. The first-order valence-electron chi connectivity index (χ1n) is 8.41. The van der Waals surface area contributed by atoms with Crippen molar-refractivity contribution in [2.24, 2.45) is 0 Å². The van der Waals surface area contributed by atoms with Crippen LogP contribution in [0.15, 0.2) is 35.1 Å². The molecule has 0 radical (unpaired) electrons. The normalized spacial score (nSPS) is 11.3. The average molecular weight is 384 g/mol. The lowest BCUT2D eigenvalue weighted by molar-refractivity contribution is 0.100. The topological polar surface area (TPSA) is 125 Å². The Morgan fingerprint density at radius 3 is 2.96 bits per heavy atom. The molecule has 0 saturated heterocycles. The van der Waals surface area contributed by atoms with E-state index in [-0.39, 0.29) is 17.2 Å². The molecular weight excluding hydrogens is 368 g/mol. The van der Waals surface area contributed by atoms with Gasteiger partial charge in [-0.1, -0.05) is 30.6 Å². The first kappa shape index (κ1) is 17.2. The second kappa shape index (κ2) is 7.19. The maximum absolute atomic E-state index is 13.0. The minimum atomic E-state index is -0.407. The van der Waals surface area contributed by atoms with Crippen molar-refractivity contribution in [2.45, 2.75) is 19.8 Å². The molecule has 0 aliphatic heterocycles. The zero-order valence-corrected chi connectivity index (χ0v) is 15.2. The van der Waals surface area contributed by atoms with E-state index in [1.54, 1.807) is 24.3 Å². The summed E-state index contributed by atoms with van der Waals surface area (Å²) in [4.78, 5) is 28.8. The number of anilines is 1. The summed E-state index contributed by atoms with van der Waals surface area (Å²) < 4.78 is 2.56. The predicted molar refractivity (Wildman–Crippen MR) is 102 cm³/mol. The summed E-state index contributed by atoms with van der Waals surface area (Å²) in [5, 5.41) is 18.2. The SMILES string of the molecule is CCCCSN(C(=O)c1cc2[nH]c3ccccc3c(=O)n2n1)c1nnn[nH]1. The number of tetrazole rings is 1. The summed E-state index contributed by atoms with van der Waals surface area (Å²) in [7, 11) is 0. The molecule has 0 bridgehead atoms. The molecule has 27 heavy (non-hydrogen) atoms. The summed E-state index contributed by atoms with van der Waals surface area (Å²) in [6.07, 6.45) is 1.93. The summed E-state index contributed by atoms with van der Waals surface area (Å²) in [6, 6.07) is 8.68. The van der Waals surface area contributed by atoms with Crippen molar-refractivity contribution >= 4 is 40.4 Å². The molecule has 0 aliphatic rings. The lowest BCUT2D eigenvalue weighted by Crippen LogP contribution is -2.26. The Kier molecular flexibility index (Phi) is 4.59. The van der Waals surface area contributed by atoms with Crippen molar-refractivity contribution in [1.29, 1.82) is 0 Å². The molecule has 4 aromatic rings. The van der Waals surface area contributed by atoms with E-state index in [2.05, 4.69) is 37.6 Å². The Bertz CT molecular complexity index is 1150. The van der Waals surface area contributed by atoms with E-state index < -0.39 is 5.91 Å². The van der Waals surface area contributed by atoms with Crippen LogP contribution in [0.4, 0.5) is 5.95 Å². The van der Waals surface area contributed by atoms with E-state index in [0.29, 0.717) is 16.6 Å². The number of rotatable bonds is 6. The molecule has 3 aromatic heterocycles. The highest BCUT2D eigenvalue weighted by Gasteiger charge is 2.25. The van der Waals surface area contributed by atoms with Gasteiger partial charge in [0.1, 0.15) is 5.65 Å². The summed E-state index contributed by atoms with van der Waals surface area (Å²) >= 11 is 1.30. The Balaban J connectivity index is 1.75. The first-order valence-corrected chi connectivity index (χ1v) is 9.35. The minimum Gasteiger partial charge on any atom is -0.339 e. The van der Waals surface area contributed by atoms with Crippen LogP contribution in [0, 0.1) is 0 Å². The Labute approximate surface area is 157 Å². The molecule has 10 nitrogen and oxygen atoms in total. The van der Waals surface area contributed by atoms with Crippen LogP contribution in [0.25, 0.3) is 16.6 Å². The number of carbonyl (C=O) groups is 1. The highest BCUT2D eigenvalue weighted by molar-refractivity contribution is 8.01. The highest BCUT2D eigenvalue weighted by Crippen LogP contribution is 2.21. The van der Waals surface area contributed by atoms with Gasteiger partial charge in [-0.3, -0.25) is 9.59 Å². The van der Waals surface area contributed by atoms with Crippen molar-refractivity contribution < 1.29 is 4.79 Å². The third-order valence-electron chi connectivity index (χ3n) is 3.97. The minimum absolute atomic E-state index is 0.124. The number of para-hydroxylation sites is 1. The Morgan fingerprint density at radius 2 is 2.19 bits per heavy atom. The van der Waals surface area contributed by atoms with Gasteiger partial charge in [0.25, 0.3) is 17.4 Å². The third kappa shape index (κ3) is 3.16. The van der Waals surface area contributed by atoms with Crippen LogP contribution in [-0.2, 0) is 0 Å². The number of unbranched alkanes of at least 4 members (excludes halogenated alkanes) is 1. The van der Waals surface area contributed by atoms with E-state index in [0.717, 1.165) is 18.6 Å². The quantitative estimate of drug-likeness (QED) is 0.383. The molecule has 138 valence electrons. The Morgan fingerprint density at radius 1 is 1.33 bits per heavy atom. The van der Waals surface area contributed by atoms with Gasteiger partial charge in [0.2, 0.25) is 0 Å². The maximum atomic E-state index is 13.0. The molecule has 0 fully saturated rings. The fourth-order valence-corrected chi connectivity index (χ4v) is 3.63. The van der Waals surface area contributed by atoms with Crippen molar-refractivity contribution in [1.82, 2.24) is 35.2 Å². The number of nitrogens with zero attached hydrogens (tertiary/aromatic N) is 6. The van der Waals surface area contributed by atoms with Gasteiger partial charge in [0, 0.05) is 11.8 Å². The average Bonchev–Trinajstić information content (AvgIpc) is 3.35. The van der Waals surface area contributed by atoms with Gasteiger partial charge in [0.15, 0.2) is 5.69 Å². The van der Waals surface area contributed by atoms with E-state index in [1.807, 2.05) is 6.07 Å². The second-order valence-electron chi connectivity index (χ2n) is 5.81. The molecule has 4 rings (SSSR count). The summed E-state index contributed by atoms with van der Waals surface area (Å²) in [5.41, 5.74) is 0.961. The smallest absolute Gasteiger partial charge is 0.291 e. The number of hydrogen-bond acceptors (Lipinski definition) is 7. The number of nitrogens with one attached hydrogen (secondary N) is 2. The van der Waals surface area contributed by atoms with E-state index >= 15 is 0 Å². The second-order valence-corrected chi connectivity index (χ2v) is 6.85. The first-order chi connectivity index (χ1) is 13.2. The van der Waals surface area contributed by atoms with Crippen molar-refractivity contribution in [2.75, 3.05) is 10.1 Å². The number of aromatic nitrogens is 7. The molecule has 0 atom stereocenters. The van der Waals surface area contributed by atoms with Gasteiger partial charge in [-0.05, 0) is 40.9 Å². The number of amides is 1. The molecule has 1 aromatic carbocycles. The standard InChI is InChI=1S/C16H16N8O2S/c1-2-3-8-27-24(16-18-21-22-19-16)15(26)12-9-13-17-11-7-5-4-6-10(11)14(25)23(13)20-12/h4-7,9,17H,2-3,8H2,1H3,(H,18,19,21,22). The summed E-state index contributed by atoms with van der Waals surface area (Å²) in [5.74, 6) is 0.531. The molecule has 0 aliphatic carbocycles. The molecular formula is C16H16N8O2S. The number of carbonyl (C=O) groups excluding carboxylic acids is 1. The Hall–Kier alpha value is -3.21. The van der Waals surface area contributed by atoms with Crippen LogP contribution in [0.5, 0.6) is 0 Å². The van der Waals surface area contributed by atoms with Crippen LogP contribution in [0.1, 0.15) is 30.3 Å². The third-order valence-corrected chi connectivity index (χ3v) is 5.04. The van der Waals surface area contributed by atoms with E-state index in [9.17, 15) is 9.59 Å². The highest BCUT2D eigenvalue weighted by atomic mass is 32.2. The monoisotopic (exact) mass is 384 g/mol. The van der Waals surface area contributed by atoms with Crippen molar-refractivity contribution in [3.63, 3.8) is 0 Å². The molecule has 0 spiro atoms.